The van der Waals surface area contributed by atoms with Gasteiger partial charge < -0.3 is 10.2 Å². The van der Waals surface area contributed by atoms with Crippen LogP contribution in [0.25, 0.3) is 0 Å². The lowest BCUT2D eigenvalue weighted by Crippen LogP contribution is -2.51. The van der Waals surface area contributed by atoms with Crippen LogP contribution in [0.2, 0.25) is 10.0 Å². The molecule has 0 saturated heterocycles. The molecule has 7 heteroatoms. The number of nitrogens with one attached hydrogen (secondary N) is 1. The minimum Gasteiger partial charge on any atom is -0.355 e. The summed E-state index contributed by atoms with van der Waals surface area (Å²) < 4.78 is 14.5. The standard InChI is InChI=1S/C26H25Cl2FN2O2/c1-2-30-26(33)24(15-18-8-4-3-5-9-18)31(17-20-10-6-7-11-23(20)29)25(32)16-19-12-13-21(27)22(28)14-19/h3-14,24H,2,15-17H2,1H3,(H,30,33). The number of nitrogens with zero attached hydrogens (tertiary/aromatic N) is 1. The van der Waals surface area contributed by atoms with Crippen LogP contribution in [0.1, 0.15) is 23.6 Å². The maximum absolute atomic E-state index is 14.5. The summed E-state index contributed by atoms with van der Waals surface area (Å²) in [5.74, 6) is -1.04. The Morgan fingerprint density at radius 2 is 1.64 bits per heavy atom. The van der Waals surface area contributed by atoms with Crippen LogP contribution < -0.4 is 5.32 Å². The second-order valence-electron chi connectivity index (χ2n) is 7.64. The molecule has 1 N–H and O–H groups in total. The third kappa shape index (κ3) is 6.80. The molecule has 0 spiro atoms. The van der Waals surface area contributed by atoms with E-state index >= 15 is 0 Å². The smallest absolute Gasteiger partial charge is 0.243 e. The van der Waals surface area contributed by atoms with Gasteiger partial charge in [-0.3, -0.25) is 9.59 Å². The highest BCUT2D eigenvalue weighted by atomic mass is 35.5. The molecule has 1 atom stereocenters. The van der Waals surface area contributed by atoms with E-state index in [-0.39, 0.29) is 24.8 Å². The van der Waals surface area contributed by atoms with E-state index < -0.39 is 11.9 Å². The van der Waals surface area contributed by atoms with E-state index in [1.165, 1.54) is 11.0 Å². The Balaban J connectivity index is 1.97. The average molecular weight is 487 g/mol. The maximum atomic E-state index is 14.5. The Morgan fingerprint density at radius 1 is 0.939 bits per heavy atom. The van der Waals surface area contributed by atoms with Gasteiger partial charge in [-0.15, -0.1) is 0 Å². The molecule has 0 saturated carbocycles. The fraction of sp³-hybridized carbons (Fsp3) is 0.231. The zero-order chi connectivity index (χ0) is 23.8. The first-order valence-electron chi connectivity index (χ1n) is 10.7. The van der Waals surface area contributed by atoms with Crippen LogP contribution in [0.15, 0.2) is 72.8 Å². The van der Waals surface area contributed by atoms with Crippen molar-refractivity contribution in [3.63, 3.8) is 0 Å². The lowest BCUT2D eigenvalue weighted by Gasteiger charge is -2.31. The summed E-state index contributed by atoms with van der Waals surface area (Å²) >= 11 is 12.1. The van der Waals surface area contributed by atoms with Crippen molar-refractivity contribution in [2.24, 2.45) is 0 Å². The molecule has 3 rings (SSSR count). The van der Waals surface area contributed by atoms with Crippen molar-refractivity contribution >= 4 is 35.0 Å². The van der Waals surface area contributed by atoms with Gasteiger partial charge >= 0.3 is 0 Å². The lowest BCUT2D eigenvalue weighted by atomic mass is 10.0. The molecular formula is C26H25Cl2FN2O2. The lowest BCUT2D eigenvalue weighted by molar-refractivity contribution is -0.140. The molecule has 3 aromatic rings. The van der Waals surface area contributed by atoms with Gasteiger partial charge in [0.2, 0.25) is 11.8 Å². The number of amides is 2. The van der Waals surface area contributed by atoms with E-state index in [0.29, 0.717) is 34.1 Å². The molecule has 0 aromatic heterocycles. The number of carbonyl (C=O) groups is 2. The van der Waals surface area contributed by atoms with Crippen LogP contribution in [0.4, 0.5) is 4.39 Å². The molecule has 0 bridgehead atoms. The highest BCUT2D eigenvalue weighted by Crippen LogP contribution is 2.24. The van der Waals surface area contributed by atoms with Crippen LogP contribution in [-0.2, 0) is 29.0 Å². The summed E-state index contributed by atoms with van der Waals surface area (Å²) in [6.45, 7) is 2.19. The molecule has 33 heavy (non-hydrogen) atoms. The van der Waals surface area contributed by atoms with Crippen LogP contribution in [-0.4, -0.2) is 29.3 Å². The van der Waals surface area contributed by atoms with Crippen LogP contribution in [0.3, 0.4) is 0 Å². The molecule has 4 nitrogen and oxygen atoms in total. The molecule has 0 radical (unpaired) electrons. The number of carbonyl (C=O) groups excluding carboxylic acids is 2. The van der Waals surface area contributed by atoms with E-state index in [1.54, 1.807) is 36.4 Å². The van der Waals surface area contributed by atoms with Crippen molar-refractivity contribution < 1.29 is 14.0 Å². The summed E-state index contributed by atoms with van der Waals surface area (Å²) in [4.78, 5) is 28.0. The number of hydrogen-bond acceptors (Lipinski definition) is 2. The minimum absolute atomic E-state index is 0.00393. The molecule has 172 valence electrons. The van der Waals surface area contributed by atoms with Gasteiger partial charge in [-0.1, -0.05) is 77.8 Å². The highest BCUT2D eigenvalue weighted by molar-refractivity contribution is 6.42. The number of hydrogen-bond donors (Lipinski definition) is 1. The molecular weight excluding hydrogens is 462 g/mol. The monoisotopic (exact) mass is 486 g/mol. The van der Waals surface area contributed by atoms with Gasteiger partial charge in [-0.05, 0) is 36.2 Å². The van der Waals surface area contributed by atoms with E-state index in [2.05, 4.69) is 5.32 Å². The number of rotatable bonds is 9. The molecule has 0 aliphatic heterocycles. The van der Waals surface area contributed by atoms with E-state index in [9.17, 15) is 14.0 Å². The average Bonchev–Trinajstić information content (AvgIpc) is 2.80. The minimum atomic E-state index is -0.817. The Morgan fingerprint density at radius 3 is 2.30 bits per heavy atom. The Bertz CT molecular complexity index is 1110. The molecule has 0 aliphatic carbocycles. The first-order chi connectivity index (χ1) is 15.9. The third-order valence-electron chi connectivity index (χ3n) is 5.26. The summed E-state index contributed by atoms with van der Waals surface area (Å²) in [7, 11) is 0. The third-order valence-corrected chi connectivity index (χ3v) is 6.00. The van der Waals surface area contributed by atoms with Gasteiger partial charge in [-0.25, -0.2) is 4.39 Å². The number of benzene rings is 3. The van der Waals surface area contributed by atoms with Gasteiger partial charge in [0.15, 0.2) is 0 Å². The summed E-state index contributed by atoms with van der Waals surface area (Å²) in [5, 5.41) is 3.55. The van der Waals surface area contributed by atoms with Gasteiger partial charge in [0.25, 0.3) is 0 Å². The van der Waals surface area contributed by atoms with E-state index in [0.717, 1.165) is 5.56 Å². The summed E-state index contributed by atoms with van der Waals surface area (Å²) in [6, 6.07) is 19.8. The second kappa shape index (κ2) is 11.8. The number of halogens is 3. The van der Waals surface area contributed by atoms with Crippen molar-refractivity contribution in [2.45, 2.75) is 32.4 Å². The quantitative estimate of drug-likeness (QED) is 0.437. The first kappa shape index (κ1) is 24.7. The fourth-order valence-corrected chi connectivity index (χ4v) is 3.90. The summed E-state index contributed by atoms with van der Waals surface area (Å²) in [6.07, 6.45) is 0.296. The van der Waals surface area contributed by atoms with Gasteiger partial charge in [0.1, 0.15) is 11.9 Å². The molecule has 1 unspecified atom stereocenters. The highest BCUT2D eigenvalue weighted by Gasteiger charge is 2.30. The molecule has 0 aliphatic rings. The zero-order valence-corrected chi connectivity index (χ0v) is 19.7. The summed E-state index contributed by atoms with van der Waals surface area (Å²) in [5.41, 5.74) is 1.89. The molecule has 0 fully saturated rings. The Labute approximate surface area is 203 Å². The first-order valence-corrected chi connectivity index (χ1v) is 11.4. The van der Waals surface area contributed by atoms with Crippen molar-refractivity contribution in [2.75, 3.05) is 6.54 Å². The number of likely N-dealkylation sites (N-methyl/N-ethyl adjacent to an activating group) is 1. The van der Waals surface area contributed by atoms with E-state index in [4.69, 9.17) is 23.2 Å². The maximum Gasteiger partial charge on any atom is 0.243 e. The van der Waals surface area contributed by atoms with Gasteiger partial charge in [0.05, 0.1) is 16.5 Å². The van der Waals surface area contributed by atoms with Gasteiger partial charge in [-0.2, -0.15) is 0 Å². The van der Waals surface area contributed by atoms with Crippen molar-refractivity contribution in [3.05, 3.63) is 105 Å². The zero-order valence-electron chi connectivity index (χ0n) is 18.2. The van der Waals surface area contributed by atoms with Crippen LogP contribution in [0.5, 0.6) is 0 Å². The molecule has 2 amide bonds. The molecule has 0 heterocycles. The Kier molecular flexibility index (Phi) is 8.87. The van der Waals surface area contributed by atoms with Gasteiger partial charge in [0, 0.05) is 25.1 Å². The van der Waals surface area contributed by atoms with Crippen LogP contribution in [0, 0.1) is 5.82 Å². The second-order valence-corrected chi connectivity index (χ2v) is 8.45. The van der Waals surface area contributed by atoms with Crippen molar-refractivity contribution in [1.29, 1.82) is 0 Å². The Hall–Kier alpha value is -2.89. The normalized spacial score (nSPS) is 11.6. The van der Waals surface area contributed by atoms with E-state index in [1.807, 2.05) is 37.3 Å². The van der Waals surface area contributed by atoms with Crippen LogP contribution >= 0.6 is 23.2 Å². The fourth-order valence-electron chi connectivity index (χ4n) is 3.58. The topological polar surface area (TPSA) is 49.4 Å². The molecule has 3 aromatic carbocycles. The predicted molar refractivity (Wildman–Crippen MR) is 130 cm³/mol. The predicted octanol–water partition coefficient (Wildman–Crippen LogP) is 5.45. The van der Waals surface area contributed by atoms with Crippen molar-refractivity contribution in [3.8, 4) is 0 Å². The van der Waals surface area contributed by atoms with Crippen molar-refractivity contribution in [1.82, 2.24) is 10.2 Å². The largest absolute Gasteiger partial charge is 0.355 e. The SMILES string of the molecule is CCNC(=O)C(Cc1ccccc1)N(Cc1ccccc1F)C(=O)Cc1ccc(Cl)c(Cl)c1.